The molecule has 1 nitrogen and oxygen atoms in total. The molecule has 0 spiro atoms. The van der Waals surface area contributed by atoms with Gasteiger partial charge >= 0.3 is 195 Å². The van der Waals surface area contributed by atoms with Gasteiger partial charge in [0.1, 0.15) is 0 Å². The van der Waals surface area contributed by atoms with E-state index in [4.69, 9.17) is 0 Å². The molecular formula is C28H33NSSn. The molecule has 0 saturated carbocycles. The molecule has 5 rings (SSSR count). The molecule has 0 bridgehead atoms. The van der Waals surface area contributed by atoms with Crippen LogP contribution >= 0.6 is 8.95 Å². The summed E-state index contributed by atoms with van der Waals surface area (Å²) in [5.41, 5.74) is 0. The van der Waals surface area contributed by atoms with Crippen molar-refractivity contribution in [3.05, 3.63) is 91.0 Å². The van der Waals surface area contributed by atoms with Crippen molar-refractivity contribution in [2.75, 3.05) is 18.8 Å². The fourth-order valence-electron chi connectivity index (χ4n) is 5.77. The first kappa shape index (κ1) is 21.6. The van der Waals surface area contributed by atoms with E-state index >= 15 is 0 Å². The molecule has 3 heteroatoms. The number of fused-ring (bicyclic) bond motifs is 1. The van der Waals surface area contributed by atoms with Crippen molar-refractivity contribution in [1.82, 2.24) is 4.90 Å². The van der Waals surface area contributed by atoms with Crippen molar-refractivity contribution in [3.63, 3.8) is 0 Å². The van der Waals surface area contributed by atoms with Gasteiger partial charge in [0, 0.05) is 0 Å². The van der Waals surface area contributed by atoms with Gasteiger partial charge in [-0.25, -0.2) is 0 Å². The molecule has 3 aromatic carbocycles. The van der Waals surface area contributed by atoms with Crippen LogP contribution < -0.4 is 10.7 Å². The number of piperidine rings is 2. The molecule has 2 aliphatic heterocycles. The fraction of sp³-hybridized carbons (Fsp3) is 0.357. The Morgan fingerprint density at radius 2 is 1.16 bits per heavy atom. The summed E-state index contributed by atoms with van der Waals surface area (Å²) < 4.78 is 4.78. The summed E-state index contributed by atoms with van der Waals surface area (Å²) in [4.78, 5) is 2.82. The Bertz CT molecular complexity index is 848. The van der Waals surface area contributed by atoms with Gasteiger partial charge in [-0.05, 0) is 0 Å². The predicted octanol–water partition coefficient (Wildman–Crippen LogP) is 4.65. The van der Waals surface area contributed by atoms with E-state index in [-0.39, 0.29) is 0 Å². The fourth-order valence-corrected chi connectivity index (χ4v) is 26.6. The topological polar surface area (TPSA) is 3.24 Å². The van der Waals surface area contributed by atoms with Gasteiger partial charge < -0.3 is 0 Å². The molecule has 0 unspecified atom stereocenters. The Labute approximate surface area is 194 Å². The number of hydrogen-bond acceptors (Lipinski definition) is 2. The van der Waals surface area contributed by atoms with Crippen LogP contribution in [0, 0.1) is 5.92 Å². The normalized spacial score (nSPS) is 22.1. The molecule has 0 aliphatic carbocycles. The van der Waals surface area contributed by atoms with Crippen LogP contribution in [0.5, 0.6) is 0 Å². The van der Waals surface area contributed by atoms with Crippen LogP contribution in [0.25, 0.3) is 0 Å². The number of rotatable bonds is 6. The molecule has 0 N–H and O–H groups in total. The van der Waals surface area contributed by atoms with Crippen LogP contribution in [0.4, 0.5) is 0 Å². The third kappa shape index (κ3) is 4.49. The molecule has 2 atom stereocenters. The molecule has 0 amide bonds. The van der Waals surface area contributed by atoms with Gasteiger partial charge in [-0.3, -0.25) is 0 Å². The minimum atomic E-state index is -3.18. The van der Waals surface area contributed by atoms with E-state index in [1.165, 1.54) is 50.9 Å². The number of nitrogens with zero attached hydrogens (tertiary/aromatic N) is 1. The molecule has 2 saturated heterocycles. The average molecular weight is 534 g/mol. The van der Waals surface area contributed by atoms with E-state index in [1.807, 2.05) is 0 Å². The molecule has 2 fully saturated rings. The zero-order valence-electron chi connectivity index (χ0n) is 18.3. The number of hydrogen-bond donors (Lipinski definition) is 0. The summed E-state index contributed by atoms with van der Waals surface area (Å²) in [5.74, 6) is 2.14. The standard InChI is InChI=1S/C10H19NS.3C6H5.Sn/c12-8-9-4-3-7-11-6-2-1-5-10(9)11;3*1-2-4-6-5-3-1;/h9-10,12H,1-8H2;3*1-5H;/q;;;;+1/p-1/t9-,10+;;;;/m0..../s1. The summed E-state index contributed by atoms with van der Waals surface area (Å²) in [6.45, 7) is 2.66. The average Bonchev–Trinajstić information content (AvgIpc) is 2.86. The first-order valence-corrected chi connectivity index (χ1v) is 20.7. The van der Waals surface area contributed by atoms with E-state index < -0.39 is 17.0 Å². The molecule has 31 heavy (non-hydrogen) atoms. The molecular weight excluding hydrogens is 501 g/mol. The molecule has 3 aromatic rings. The van der Waals surface area contributed by atoms with Crippen molar-refractivity contribution >= 4 is 36.7 Å². The maximum atomic E-state index is 2.82. The zero-order chi connectivity index (χ0) is 20.9. The Balaban J connectivity index is 1.55. The van der Waals surface area contributed by atoms with Crippen LogP contribution in [0.1, 0.15) is 32.1 Å². The third-order valence-corrected chi connectivity index (χ3v) is 28.0. The first-order valence-electron chi connectivity index (χ1n) is 11.9. The molecule has 2 heterocycles. The van der Waals surface area contributed by atoms with Crippen LogP contribution in [-0.4, -0.2) is 46.8 Å². The van der Waals surface area contributed by atoms with Gasteiger partial charge in [-0.2, -0.15) is 0 Å². The van der Waals surface area contributed by atoms with Crippen LogP contribution in [-0.2, 0) is 0 Å². The van der Waals surface area contributed by atoms with E-state index in [9.17, 15) is 0 Å². The molecule has 0 radical (unpaired) electrons. The third-order valence-electron chi connectivity index (χ3n) is 7.28. The zero-order valence-corrected chi connectivity index (χ0v) is 22.0. The van der Waals surface area contributed by atoms with Crippen molar-refractivity contribution in [1.29, 1.82) is 0 Å². The van der Waals surface area contributed by atoms with Crippen molar-refractivity contribution in [2.45, 2.75) is 38.1 Å². The van der Waals surface area contributed by atoms with Crippen LogP contribution in [0.3, 0.4) is 0 Å². The van der Waals surface area contributed by atoms with Gasteiger partial charge in [0.2, 0.25) is 0 Å². The first-order chi connectivity index (χ1) is 15.4. The summed E-state index contributed by atoms with van der Waals surface area (Å²) >= 11 is -3.18. The van der Waals surface area contributed by atoms with Gasteiger partial charge in [0.15, 0.2) is 0 Å². The van der Waals surface area contributed by atoms with Crippen LogP contribution in [0.15, 0.2) is 91.0 Å². The SMILES string of the molecule is c1cc[c]([Sn]([S]C[C@@H]2CCCN3CCCC[C@H]23)([c]2ccccc2)[c]2ccccc2)cc1. The predicted molar refractivity (Wildman–Crippen MR) is 138 cm³/mol. The second kappa shape index (κ2) is 10.1. The van der Waals surface area contributed by atoms with Gasteiger partial charge in [-0.1, -0.05) is 0 Å². The van der Waals surface area contributed by atoms with Crippen molar-refractivity contribution < 1.29 is 0 Å². The minimum absolute atomic E-state index is 0.821. The Morgan fingerprint density at radius 1 is 0.645 bits per heavy atom. The Kier molecular flexibility index (Phi) is 7.07. The molecule has 2 aliphatic rings. The summed E-state index contributed by atoms with van der Waals surface area (Å²) in [6.07, 6.45) is 7.03. The molecule has 160 valence electrons. The van der Waals surface area contributed by atoms with E-state index in [0.717, 1.165) is 12.0 Å². The second-order valence-electron chi connectivity index (χ2n) is 9.09. The summed E-state index contributed by atoms with van der Waals surface area (Å²) in [7, 11) is 2.37. The quantitative estimate of drug-likeness (QED) is 0.424. The summed E-state index contributed by atoms with van der Waals surface area (Å²) in [5, 5.41) is 0. The van der Waals surface area contributed by atoms with E-state index in [2.05, 4.69) is 105 Å². The monoisotopic (exact) mass is 535 g/mol. The maximum absolute atomic E-state index is 3.18. The van der Waals surface area contributed by atoms with Crippen LogP contribution in [0.2, 0.25) is 0 Å². The molecule has 0 aromatic heterocycles. The van der Waals surface area contributed by atoms with E-state index in [0.29, 0.717) is 0 Å². The van der Waals surface area contributed by atoms with Gasteiger partial charge in [0.25, 0.3) is 0 Å². The number of benzene rings is 3. The van der Waals surface area contributed by atoms with Crippen molar-refractivity contribution in [2.24, 2.45) is 5.92 Å². The second-order valence-corrected chi connectivity index (χ2v) is 25.1. The summed E-state index contributed by atoms with van der Waals surface area (Å²) in [6, 6.07) is 35.3. The Hall–Kier alpha value is -1.23. The van der Waals surface area contributed by atoms with Gasteiger partial charge in [0.05, 0.1) is 0 Å². The van der Waals surface area contributed by atoms with Gasteiger partial charge in [-0.15, -0.1) is 0 Å². The van der Waals surface area contributed by atoms with Crippen molar-refractivity contribution in [3.8, 4) is 0 Å². The van der Waals surface area contributed by atoms with E-state index in [1.54, 1.807) is 10.7 Å². The Morgan fingerprint density at radius 3 is 1.71 bits per heavy atom.